The van der Waals surface area contributed by atoms with Gasteiger partial charge in [0.05, 0.1) is 11.4 Å². The molecule has 4 heteroatoms. The molecule has 0 fully saturated rings. The third-order valence-electron chi connectivity index (χ3n) is 4.51. The van der Waals surface area contributed by atoms with Gasteiger partial charge in [-0.25, -0.2) is 4.39 Å². The quantitative estimate of drug-likeness (QED) is 0.926. The number of nitrogens with zero attached hydrogens (tertiary/aromatic N) is 1. The number of rotatable bonds is 3. The smallest absolute Gasteiger partial charge is 0.306 e. The summed E-state index contributed by atoms with van der Waals surface area (Å²) in [6.07, 6.45) is 0.789. The van der Waals surface area contributed by atoms with E-state index in [1.54, 1.807) is 6.92 Å². The van der Waals surface area contributed by atoms with Gasteiger partial charge in [0.25, 0.3) is 0 Å². The number of carbonyl (C=O) groups is 1. The summed E-state index contributed by atoms with van der Waals surface area (Å²) in [4.78, 5) is 11.3. The topological polar surface area (TPSA) is 42.2 Å². The Balaban J connectivity index is 2.21. The lowest BCUT2D eigenvalue weighted by Gasteiger charge is -2.13. The SMILES string of the molecule is C=C(C)c1cc(F)cc2c1cc1n2CCC1C(C)C(=O)O. The zero-order chi connectivity index (χ0) is 15.3. The summed E-state index contributed by atoms with van der Waals surface area (Å²) in [5.74, 6) is -1.52. The van der Waals surface area contributed by atoms with Crippen molar-refractivity contribution >= 4 is 22.4 Å². The van der Waals surface area contributed by atoms with Crippen molar-refractivity contribution in [3.05, 3.63) is 41.9 Å². The first-order chi connectivity index (χ1) is 9.90. The number of carboxylic acid groups (broad SMARTS) is 1. The minimum absolute atomic E-state index is 0.0177. The number of aliphatic carboxylic acids is 1. The molecule has 2 heterocycles. The standard InChI is InChI=1S/C17H18FNO2/c1-9(2)13-6-11(18)7-15-14(13)8-16-12(4-5-19(15)16)10(3)17(20)21/h6-8,10,12H,1,4-5H2,2-3H3,(H,20,21). The molecule has 1 aliphatic rings. The second-order valence-corrected chi connectivity index (χ2v) is 5.91. The Morgan fingerprint density at radius 3 is 2.81 bits per heavy atom. The number of carboxylic acids is 1. The highest BCUT2D eigenvalue weighted by Gasteiger charge is 2.33. The third kappa shape index (κ3) is 2.06. The maximum atomic E-state index is 13.8. The summed E-state index contributed by atoms with van der Waals surface area (Å²) >= 11 is 0. The molecule has 3 nitrogen and oxygen atoms in total. The van der Waals surface area contributed by atoms with Crippen molar-refractivity contribution in [1.29, 1.82) is 0 Å². The van der Waals surface area contributed by atoms with Gasteiger partial charge in [-0.05, 0) is 37.1 Å². The highest BCUT2D eigenvalue weighted by molar-refractivity contribution is 5.93. The molecule has 0 saturated carbocycles. The molecular weight excluding hydrogens is 269 g/mol. The number of benzene rings is 1. The van der Waals surface area contributed by atoms with Crippen LogP contribution in [0.25, 0.3) is 16.5 Å². The molecule has 2 unspecified atom stereocenters. The van der Waals surface area contributed by atoms with Crippen LogP contribution in [-0.4, -0.2) is 15.6 Å². The van der Waals surface area contributed by atoms with Crippen LogP contribution in [0.1, 0.15) is 37.4 Å². The molecule has 1 aromatic heterocycles. The van der Waals surface area contributed by atoms with E-state index < -0.39 is 11.9 Å². The number of hydrogen-bond donors (Lipinski definition) is 1. The average Bonchev–Trinajstić information content (AvgIpc) is 2.96. The van der Waals surface area contributed by atoms with Crippen LogP contribution >= 0.6 is 0 Å². The molecule has 1 aliphatic heterocycles. The number of allylic oxidation sites excluding steroid dienone is 1. The van der Waals surface area contributed by atoms with E-state index in [1.165, 1.54) is 12.1 Å². The van der Waals surface area contributed by atoms with Crippen LogP contribution in [-0.2, 0) is 11.3 Å². The summed E-state index contributed by atoms with van der Waals surface area (Å²) in [5, 5.41) is 10.2. The summed E-state index contributed by atoms with van der Waals surface area (Å²) in [7, 11) is 0. The molecule has 0 bridgehead atoms. The molecule has 0 aliphatic carbocycles. The predicted octanol–water partition coefficient (Wildman–Crippen LogP) is 4.02. The van der Waals surface area contributed by atoms with Crippen LogP contribution in [0.15, 0.2) is 24.8 Å². The van der Waals surface area contributed by atoms with Gasteiger partial charge in [0.15, 0.2) is 0 Å². The van der Waals surface area contributed by atoms with Crippen molar-refractivity contribution in [2.75, 3.05) is 0 Å². The molecule has 2 aromatic rings. The Bertz CT molecular complexity index is 760. The molecule has 0 amide bonds. The monoisotopic (exact) mass is 287 g/mol. The molecular formula is C17H18FNO2. The molecule has 2 atom stereocenters. The van der Waals surface area contributed by atoms with Crippen LogP contribution in [0.3, 0.4) is 0 Å². The lowest BCUT2D eigenvalue weighted by molar-refractivity contribution is -0.141. The molecule has 0 spiro atoms. The zero-order valence-corrected chi connectivity index (χ0v) is 12.2. The number of aromatic nitrogens is 1. The first-order valence-electron chi connectivity index (χ1n) is 7.11. The van der Waals surface area contributed by atoms with Crippen molar-refractivity contribution in [1.82, 2.24) is 4.57 Å². The van der Waals surface area contributed by atoms with E-state index in [0.29, 0.717) is 0 Å². The lowest BCUT2D eigenvalue weighted by Crippen LogP contribution is -2.17. The Kier molecular flexibility index (Phi) is 3.12. The van der Waals surface area contributed by atoms with Crippen molar-refractivity contribution in [3.8, 4) is 0 Å². The summed E-state index contributed by atoms with van der Waals surface area (Å²) in [6.45, 7) is 8.24. The minimum atomic E-state index is -0.787. The molecule has 0 saturated heterocycles. The van der Waals surface area contributed by atoms with Gasteiger partial charge in [0.1, 0.15) is 5.82 Å². The Morgan fingerprint density at radius 2 is 2.19 bits per heavy atom. The molecule has 3 rings (SSSR count). The number of hydrogen-bond acceptors (Lipinski definition) is 1. The van der Waals surface area contributed by atoms with Crippen molar-refractivity contribution < 1.29 is 14.3 Å². The van der Waals surface area contributed by atoms with Gasteiger partial charge in [0.2, 0.25) is 0 Å². The summed E-state index contributed by atoms with van der Waals surface area (Å²) in [5.41, 5.74) is 3.44. The van der Waals surface area contributed by atoms with Crippen molar-refractivity contribution in [3.63, 3.8) is 0 Å². The van der Waals surface area contributed by atoms with Crippen LogP contribution < -0.4 is 0 Å². The van der Waals surface area contributed by atoms with Crippen LogP contribution in [0, 0.1) is 11.7 Å². The van der Waals surface area contributed by atoms with E-state index in [-0.39, 0.29) is 11.7 Å². The van der Waals surface area contributed by atoms with Gasteiger partial charge >= 0.3 is 5.97 Å². The van der Waals surface area contributed by atoms with E-state index in [9.17, 15) is 14.3 Å². The highest BCUT2D eigenvalue weighted by atomic mass is 19.1. The fraction of sp³-hybridized carbons (Fsp3) is 0.353. The van der Waals surface area contributed by atoms with E-state index in [0.717, 1.165) is 40.7 Å². The average molecular weight is 287 g/mol. The maximum absolute atomic E-state index is 13.8. The van der Waals surface area contributed by atoms with Crippen molar-refractivity contribution in [2.45, 2.75) is 32.7 Å². The molecule has 0 radical (unpaired) electrons. The second kappa shape index (κ2) is 4.72. The predicted molar refractivity (Wildman–Crippen MR) is 80.8 cm³/mol. The van der Waals surface area contributed by atoms with E-state index in [1.807, 2.05) is 13.0 Å². The minimum Gasteiger partial charge on any atom is -0.481 e. The van der Waals surface area contributed by atoms with Crippen molar-refractivity contribution in [2.24, 2.45) is 5.92 Å². The maximum Gasteiger partial charge on any atom is 0.306 e. The van der Waals surface area contributed by atoms with E-state index in [2.05, 4.69) is 11.1 Å². The first-order valence-corrected chi connectivity index (χ1v) is 7.11. The Hall–Kier alpha value is -2.10. The van der Waals surface area contributed by atoms with Crippen LogP contribution in [0.2, 0.25) is 0 Å². The fourth-order valence-corrected chi connectivity index (χ4v) is 3.35. The fourth-order valence-electron chi connectivity index (χ4n) is 3.35. The zero-order valence-electron chi connectivity index (χ0n) is 12.2. The van der Waals surface area contributed by atoms with E-state index >= 15 is 0 Å². The molecule has 1 N–H and O–H groups in total. The number of aryl methyl sites for hydroxylation is 1. The lowest BCUT2D eigenvalue weighted by atomic mass is 9.90. The molecule has 21 heavy (non-hydrogen) atoms. The largest absolute Gasteiger partial charge is 0.481 e. The van der Waals surface area contributed by atoms with Crippen LogP contribution in [0.4, 0.5) is 4.39 Å². The van der Waals surface area contributed by atoms with Crippen LogP contribution in [0.5, 0.6) is 0 Å². The highest BCUT2D eigenvalue weighted by Crippen LogP contribution is 2.40. The summed E-state index contributed by atoms with van der Waals surface area (Å²) < 4.78 is 15.9. The second-order valence-electron chi connectivity index (χ2n) is 5.91. The van der Waals surface area contributed by atoms with Gasteiger partial charge in [-0.2, -0.15) is 0 Å². The Morgan fingerprint density at radius 1 is 1.48 bits per heavy atom. The number of fused-ring (bicyclic) bond motifs is 3. The Labute approximate surface area is 122 Å². The van der Waals surface area contributed by atoms with Gasteiger partial charge < -0.3 is 9.67 Å². The first kappa shape index (κ1) is 13.9. The summed E-state index contributed by atoms with van der Waals surface area (Å²) in [6, 6.07) is 5.03. The number of halogens is 1. The normalized spacial score (nSPS) is 18.7. The van der Waals surface area contributed by atoms with Gasteiger partial charge in [-0.15, -0.1) is 0 Å². The van der Waals surface area contributed by atoms with Gasteiger partial charge in [-0.3, -0.25) is 4.79 Å². The van der Waals surface area contributed by atoms with E-state index in [4.69, 9.17) is 0 Å². The molecule has 110 valence electrons. The van der Waals surface area contributed by atoms with Gasteiger partial charge in [0, 0.05) is 23.5 Å². The molecule has 1 aromatic carbocycles. The third-order valence-corrected chi connectivity index (χ3v) is 4.51. The van der Waals surface area contributed by atoms with Gasteiger partial charge in [-0.1, -0.05) is 19.1 Å².